The molecule has 7 heteroatoms. The van der Waals surface area contributed by atoms with Crippen molar-refractivity contribution < 1.29 is 8.42 Å². The first kappa shape index (κ1) is 16.4. The van der Waals surface area contributed by atoms with E-state index in [1.165, 1.54) is 0 Å². The SMILES string of the molecule is CNC1CCCN(S(=O)(=O)c2ccc3c(cnn3C(C)C)c2)C1. The number of hydrogen-bond donors (Lipinski definition) is 1. The van der Waals surface area contributed by atoms with E-state index in [1.54, 1.807) is 22.6 Å². The predicted molar refractivity (Wildman–Crippen MR) is 91.0 cm³/mol. The Labute approximate surface area is 137 Å². The zero-order valence-electron chi connectivity index (χ0n) is 13.9. The molecule has 6 nitrogen and oxygen atoms in total. The van der Waals surface area contributed by atoms with Crippen molar-refractivity contribution in [3.63, 3.8) is 0 Å². The average molecular weight is 336 g/mol. The highest BCUT2D eigenvalue weighted by Crippen LogP contribution is 2.25. The second-order valence-corrected chi connectivity index (χ2v) is 8.33. The van der Waals surface area contributed by atoms with Crippen molar-refractivity contribution in [2.45, 2.75) is 43.7 Å². The number of sulfonamides is 1. The quantitative estimate of drug-likeness (QED) is 0.927. The van der Waals surface area contributed by atoms with Gasteiger partial charge in [-0.2, -0.15) is 9.40 Å². The fourth-order valence-corrected chi connectivity index (χ4v) is 4.71. The van der Waals surface area contributed by atoms with Crippen molar-refractivity contribution in [2.75, 3.05) is 20.1 Å². The van der Waals surface area contributed by atoms with Crippen LogP contribution in [0.15, 0.2) is 29.3 Å². The summed E-state index contributed by atoms with van der Waals surface area (Å²) in [5, 5.41) is 8.40. The summed E-state index contributed by atoms with van der Waals surface area (Å²) < 4.78 is 29.3. The number of hydrogen-bond acceptors (Lipinski definition) is 4. The van der Waals surface area contributed by atoms with E-state index in [4.69, 9.17) is 0 Å². The van der Waals surface area contributed by atoms with E-state index < -0.39 is 10.0 Å². The van der Waals surface area contributed by atoms with Gasteiger partial charge < -0.3 is 5.32 Å². The van der Waals surface area contributed by atoms with Gasteiger partial charge in [0.1, 0.15) is 0 Å². The zero-order valence-corrected chi connectivity index (χ0v) is 14.7. The van der Waals surface area contributed by atoms with Crippen LogP contribution in [0.5, 0.6) is 0 Å². The Morgan fingerprint density at radius 3 is 2.83 bits per heavy atom. The number of rotatable bonds is 4. The monoisotopic (exact) mass is 336 g/mol. The molecule has 23 heavy (non-hydrogen) atoms. The Kier molecular flexibility index (Phi) is 4.44. The standard InChI is InChI=1S/C16H24N4O2S/c1-12(2)20-16-7-6-15(9-13(16)10-18-20)23(21,22)19-8-4-5-14(11-19)17-3/h6-7,9-10,12,14,17H,4-5,8,11H2,1-3H3. The zero-order chi connectivity index (χ0) is 16.6. The summed E-state index contributed by atoms with van der Waals surface area (Å²) in [6.07, 6.45) is 3.64. The van der Waals surface area contributed by atoms with E-state index in [0.29, 0.717) is 18.0 Å². The van der Waals surface area contributed by atoms with Crippen molar-refractivity contribution in [3.05, 3.63) is 24.4 Å². The molecule has 1 N–H and O–H groups in total. The Balaban J connectivity index is 1.95. The lowest BCUT2D eigenvalue weighted by Gasteiger charge is -2.31. The van der Waals surface area contributed by atoms with Gasteiger partial charge >= 0.3 is 0 Å². The van der Waals surface area contributed by atoms with Crippen LogP contribution in [-0.2, 0) is 10.0 Å². The molecule has 126 valence electrons. The summed E-state index contributed by atoms with van der Waals surface area (Å²) in [7, 11) is -1.57. The lowest BCUT2D eigenvalue weighted by molar-refractivity contribution is 0.293. The molecule has 1 aromatic heterocycles. The summed E-state index contributed by atoms with van der Waals surface area (Å²) in [5.74, 6) is 0. The maximum absolute atomic E-state index is 12.9. The van der Waals surface area contributed by atoms with Crippen molar-refractivity contribution in [3.8, 4) is 0 Å². The Hall–Kier alpha value is -1.44. The summed E-state index contributed by atoms with van der Waals surface area (Å²) in [6.45, 7) is 5.23. The van der Waals surface area contributed by atoms with Crippen molar-refractivity contribution in [1.82, 2.24) is 19.4 Å². The molecule has 2 aromatic rings. The lowest BCUT2D eigenvalue weighted by atomic mass is 10.1. The van der Waals surface area contributed by atoms with E-state index in [9.17, 15) is 8.42 Å². The van der Waals surface area contributed by atoms with Crippen molar-refractivity contribution in [1.29, 1.82) is 0 Å². The third-order valence-electron chi connectivity index (χ3n) is 4.49. The smallest absolute Gasteiger partial charge is 0.243 e. The van der Waals surface area contributed by atoms with Crippen LogP contribution >= 0.6 is 0 Å². The second-order valence-electron chi connectivity index (χ2n) is 6.39. The molecule has 0 bridgehead atoms. The first-order valence-corrected chi connectivity index (χ1v) is 9.52. The van der Waals surface area contributed by atoms with Gasteiger partial charge in [-0.25, -0.2) is 8.42 Å². The number of aromatic nitrogens is 2. The molecule has 0 amide bonds. The summed E-state index contributed by atoms with van der Waals surface area (Å²) in [4.78, 5) is 0.352. The summed E-state index contributed by atoms with van der Waals surface area (Å²) in [5.41, 5.74) is 0.964. The maximum Gasteiger partial charge on any atom is 0.243 e. The fourth-order valence-electron chi connectivity index (χ4n) is 3.15. The number of piperidine rings is 1. The van der Waals surface area contributed by atoms with Crippen LogP contribution < -0.4 is 5.32 Å². The molecule has 3 rings (SSSR count). The van der Waals surface area contributed by atoms with E-state index >= 15 is 0 Å². The normalized spacial score (nSPS) is 20.4. The van der Waals surface area contributed by atoms with Crippen LogP contribution in [0.2, 0.25) is 0 Å². The van der Waals surface area contributed by atoms with Gasteiger partial charge in [0.2, 0.25) is 10.0 Å². The second kappa shape index (κ2) is 6.22. The van der Waals surface area contributed by atoms with Crippen LogP contribution in [0.4, 0.5) is 0 Å². The number of benzene rings is 1. The Bertz CT molecular complexity index is 798. The molecule has 0 radical (unpaired) electrons. The fraction of sp³-hybridized carbons (Fsp3) is 0.562. The molecule has 2 heterocycles. The van der Waals surface area contributed by atoms with Gasteiger partial charge in [0, 0.05) is 30.6 Å². The van der Waals surface area contributed by atoms with Gasteiger partial charge in [0.25, 0.3) is 0 Å². The predicted octanol–water partition coefficient (Wildman–Crippen LogP) is 1.99. The third kappa shape index (κ3) is 3.00. The van der Waals surface area contributed by atoms with Crippen molar-refractivity contribution >= 4 is 20.9 Å². The first-order valence-electron chi connectivity index (χ1n) is 8.08. The lowest BCUT2D eigenvalue weighted by Crippen LogP contribution is -2.46. The number of nitrogens with zero attached hydrogens (tertiary/aromatic N) is 3. The topological polar surface area (TPSA) is 67.2 Å². The maximum atomic E-state index is 12.9. The van der Waals surface area contributed by atoms with E-state index in [-0.39, 0.29) is 12.1 Å². The van der Waals surface area contributed by atoms with Crippen LogP contribution in [-0.4, -0.2) is 48.7 Å². The highest BCUT2D eigenvalue weighted by atomic mass is 32.2. The van der Waals surface area contributed by atoms with E-state index in [2.05, 4.69) is 24.3 Å². The van der Waals surface area contributed by atoms with Gasteiger partial charge in [0.15, 0.2) is 0 Å². The van der Waals surface area contributed by atoms with Gasteiger partial charge in [-0.1, -0.05) is 0 Å². The third-order valence-corrected chi connectivity index (χ3v) is 6.35. The van der Waals surface area contributed by atoms with Gasteiger partial charge in [-0.15, -0.1) is 0 Å². The molecule has 0 saturated carbocycles. The average Bonchev–Trinajstić information content (AvgIpc) is 2.98. The van der Waals surface area contributed by atoms with Crippen LogP contribution in [0, 0.1) is 0 Å². The number of likely N-dealkylation sites (N-methyl/N-ethyl adjacent to an activating group) is 1. The van der Waals surface area contributed by atoms with E-state index in [1.807, 2.05) is 17.8 Å². The highest BCUT2D eigenvalue weighted by molar-refractivity contribution is 7.89. The summed E-state index contributed by atoms with van der Waals surface area (Å²) >= 11 is 0. The van der Waals surface area contributed by atoms with E-state index in [0.717, 1.165) is 23.7 Å². The molecule has 1 fully saturated rings. The van der Waals surface area contributed by atoms with Gasteiger partial charge in [0.05, 0.1) is 16.6 Å². The Morgan fingerprint density at radius 1 is 1.35 bits per heavy atom. The van der Waals surface area contributed by atoms with Crippen LogP contribution in [0.1, 0.15) is 32.7 Å². The molecule has 1 unspecified atom stereocenters. The molecule has 1 atom stereocenters. The molecular weight excluding hydrogens is 312 g/mol. The minimum absolute atomic E-state index is 0.228. The summed E-state index contributed by atoms with van der Waals surface area (Å²) in [6, 6.07) is 5.76. The Morgan fingerprint density at radius 2 is 2.13 bits per heavy atom. The molecular formula is C16H24N4O2S. The van der Waals surface area contributed by atoms with Crippen LogP contribution in [0.3, 0.4) is 0 Å². The minimum atomic E-state index is -3.45. The molecule has 0 aliphatic carbocycles. The van der Waals surface area contributed by atoms with Gasteiger partial charge in [-0.3, -0.25) is 4.68 Å². The molecule has 1 aliphatic heterocycles. The number of nitrogens with one attached hydrogen (secondary N) is 1. The molecule has 1 aliphatic rings. The first-order chi connectivity index (χ1) is 10.9. The number of fused-ring (bicyclic) bond motifs is 1. The highest BCUT2D eigenvalue weighted by Gasteiger charge is 2.29. The molecule has 1 aromatic carbocycles. The minimum Gasteiger partial charge on any atom is -0.316 e. The molecule has 1 saturated heterocycles. The van der Waals surface area contributed by atoms with Crippen molar-refractivity contribution in [2.24, 2.45) is 0 Å². The molecule has 0 spiro atoms. The van der Waals surface area contributed by atoms with Gasteiger partial charge in [-0.05, 0) is 51.9 Å². The largest absolute Gasteiger partial charge is 0.316 e. The van der Waals surface area contributed by atoms with Crippen LogP contribution in [0.25, 0.3) is 10.9 Å².